The van der Waals surface area contributed by atoms with Crippen molar-refractivity contribution in [2.75, 3.05) is 6.54 Å². The molecule has 0 aliphatic rings. The first kappa shape index (κ1) is 11.3. The fourth-order valence-corrected chi connectivity index (χ4v) is 2.08. The Hall–Kier alpha value is -1.20. The highest BCUT2D eigenvalue weighted by Gasteiger charge is 2.08. The molecule has 0 aromatic carbocycles. The second-order valence-corrected chi connectivity index (χ2v) is 4.77. The Kier molecular flexibility index (Phi) is 3.69. The fourth-order valence-electron chi connectivity index (χ4n) is 1.35. The van der Waals surface area contributed by atoms with Gasteiger partial charge in [-0.15, -0.1) is 11.3 Å². The van der Waals surface area contributed by atoms with Crippen LogP contribution < -0.4 is 5.32 Å². The molecule has 5 heteroatoms. The summed E-state index contributed by atoms with van der Waals surface area (Å²) < 4.78 is 5.63. The van der Waals surface area contributed by atoms with E-state index in [9.17, 15) is 0 Å². The van der Waals surface area contributed by atoms with Crippen LogP contribution in [0.15, 0.2) is 16.8 Å². The Labute approximate surface area is 98.7 Å². The van der Waals surface area contributed by atoms with Gasteiger partial charge in [-0.2, -0.15) is 0 Å². The molecule has 86 valence electrons. The van der Waals surface area contributed by atoms with Gasteiger partial charge in [-0.25, -0.2) is 9.97 Å². The number of rotatable bonds is 5. The molecule has 0 fully saturated rings. The highest BCUT2D eigenvalue weighted by Crippen LogP contribution is 2.26. The van der Waals surface area contributed by atoms with Crippen molar-refractivity contribution in [3.05, 3.63) is 23.3 Å². The van der Waals surface area contributed by atoms with E-state index in [1.54, 1.807) is 17.5 Å². The molecule has 0 unspecified atom stereocenters. The zero-order valence-electron chi connectivity index (χ0n) is 9.49. The summed E-state index contributed by atoms with van der Waals surface area (Å²) >= 11 is 1.62. The lowest BCUT2D eigenvalue weighted by Crippen LogP contribution is -2.13. The summed E-state index contributed by atoms with van der Waals surface area (Å²) in [6.45, 7) is 5.78. The number of aryl methyl sites for hydroxylation is 1. The minimum absolute atomic E-state index is 0.686. The molecule has 16 heavy (non-hydrogen) atoms. The maximum atomic E-state index is 5.63. The number of oxazole rings is 1. The maximum Gasteiger partial charge on any atom is 0.208 e. The largest absolute Gasteiger partial charge is 0.438 e. The molecule has 0 amide bonds. The lowest BCUT2D eigenvalue weighted by Gasteiger charge is -1.97. The van der Waals surface area contributed by atoms with E-state index in [1.807, 2.05) is 13.1 Å². The van der Waals surface area contributed by atoms with E-state index in [2.05, 4.69) is 22.2 Å². The summed E-state index contributed by atoms with van der Waals surface area (Å²) in [5, 5.41) is 4.29. The number of aromatic nitrogens is 2. The molecule has 0 spiro atoms. The van der Waals surface area contributed by atoms with Crippen molar-refractivity contribution in [2.45, 2.75) is 26.8 Å². The third-order valence-corrected chi connectivity index (χ3v) is 3.05. The zero-order valence-corrected chi connectivity index (χ0v) is 10.3. The molecule has 0 saturated heterocycles. The molecular formula is C11H15N3OS. The number of hydrogen-bond donors (Lipinski definition) is 1. The van der Waals surface area contributed by atoms with Crippen molar-refractivity contribution in [3.63, 3.8) is 0 Å². The lowest BCUT2D eigenvalue weighted by atomic mass is 10.4. The summed E-state index contributed by atoms with van der Waals surface area (Å²) in [7, 11) is 0. The SMILES string of the molecule is CCCNCc1ncc(-c2cnc(C)s2)o1. The highest BCUT2D eigenvalue weighted by molar-refractivity contribution is 7.14. The van der Waals surface area contributed by atoms with Crippen LogP contribution in [0.2, 0.25) is 0 Å². The summed E-state index contributed by atoms with van der Waals surface area (Å²) in [5.74, 6) is 1.54. The minimum Gasteiger partial charge on any atom is -0.438 e. The van der Waals surface area contributed by atoms with Crippen molar-refractivity contribution in [1.82, 2.24) is 15.3 Å². The van der Waals surface area contributed by atoms with Gasteiger partial charge >= 0.3 is 0 Å². The van der Waals surface area contributed by atoms with Gasteiger partial charge in [0.1, 0.15) is 0 Å². The van der Waals surface area contributed by atoms with E-state index in [0.717, 1.165) is 34.5 Å². The summed E-state index contributed by atoms with van der Waals surface area (Å²) in [6, 6.07) is 0. The van der Waals surface area contributed by atoms with Crippen LogP contribution in [-0.4, -0.2) is 16.5 Å². The molecule has 0 radical (unpaired) electrons. The Morgan fingerprint density at radius 2 is 2.25 bits per heavy atom. The van der Waals surface area contributed by atoms with Crippen LogP contribution in [0.4, 0.5) is 0 Å². The Bertz CT molecular complexity index is 450. The summed E-state index contributed by atoms with van der Waals surface area (Å²) in [5.41, 5.74) is 0. The van der Waals surface area contributed by atoms with E-state index in [4.69, 9.17) is 4.42 Å². The van der Waals surface area contributed by atoms with Crippen LogP contribution in [0.25, 0.3) is 10.6 Å². The number of thiazole rings is 1. The predicted molar refractivity (Wildman–Crippen MR) is 64.3 cm³/mol. The van der Waals surface area contributed by atoms with Gasteiger partial charge < -0.3 is 9.73 Å². The van der Waals surface area contributed by atoms with Gasteiger partial charge in [0.25, 0.3) is 0 Å². The number of nitrogens with one attached hydrogen (secondary N) is 1. The van der Waals surface area contributed by atoms with Gasteiger partial charge in [-0.05, 0) is 19.9 Å². The molecule has 1 N–H and O–H groups in total. The molecule has 0 bridgehead atoms. The van der Waals surface area contributed by atoms with Gasteiger partial charge in [0, 0.05) is 6.20 Å². The molecule has 0 atom stereocenters. The fraction of sp³-hybridized carbons (Fsp3) is 0.455. The second kappa shape index (κ2) is 5.23. The average Bonchev–Trinajstić information content (AvgIpc) is 2.87. The Morgan fingerprint density at radius 1 is 1.38 bits per heavy atom. The van der Waals surface area contributed by atoms with E-state index >= 15 is 0 Å². The van der Waals surface area contributed by atoms with Crippen LogP contribution in [0.1, 0.15) is 24.2 Å². The molecule has 4 nitrogen and oxygen atoms in total. The van der Waals surface area contributed by atoms with Gasteiger partial charge in [-0.3, -0.25) is 0 Å². The van der Waals surface area contributed by atoms with E-state index in [1.165, 1.54) is 0 Å². The second-order valence-electron chi connectivity index (χ2n) is 3.54. The van der Waals surface area contributed by atoms with Crippen molar-refractivity contribution >= 4 is 11.3 Å². The standard InChI is InChI=1S/C11H15N3OS/c1-3-4-12-7-11-14-5-9(15-11)10-6-13-8(2)16-10/h5-6,12H,3-4,7H2,1-2H3. The molecule has 2 rings (SSSR count). The maximum absolute atomic E-state index is 5.63. The first-order valence-electron chi connectivity index (χ1n) is 5.38. The van der Waals surface area contributed by atoms with Gasteiger partial charge in [0.05, 0.1) is 22.6 Å². The number of hydrogen-bond acceptors (Lipinski definition) is 5. The lowest BCUT2D eigenvalue weighted by molar-refractivity contribution is 0.478. The van der Waals surface area contributed by atoms with Crippen LogP contribution in [0, 0.1) is 6.92 Å². The zero-order chi connectivity index (χ0) is 11.4. The Balaban J connectivity index is 2.02. The predicted octanol–water partition coefficient (Wildman–Crippen LogP) is 2.61. The van der Waals surface area contributed by atoms with Crippen LogP contribution in [0.5, 0.6) is 0 Å². The van der Waals surface area contributed by atoms with E-state index in [0.29, 0.717) is 6.54 Å². The minimum atomic E-state index is 0.686. The topological polar surface area (TPSA) is 51.0 Å². The monoisotopic (exact) mass is 237 g/mol. The van der Waals surface area contributed by atoms with Crippen molar-refractivity contribution in [2.24, 2.45) is 0 Å². The molecule has 2 aromatic rings. The smallest absolute Gasteiger partial charge is 0.208 e. The van der Waals surface area contributed by atoms with Crippen LogP contribution >= 0.6 is 11.3 Å². The van der Waals surface area contributed by atoms with Gasteiger partial charge in [-0.1, -0.05) is 6.92 Å². The molecule has 0 aliphatic carbocycles. The first-order chi connectivity index (χ1) is 7.79. The Morgan fingerprint density at radius 3 is 2.94 bits per heavy atom. The van der Waals surface area contributed by atoms with Crippen molar-refractivity contribution < 1.29 is 4.42 Å². The normalized spacial score (nSPS) is 10.9. The third-order valence-electron chi connectivity index (χ3n) is 2.12. The first-order valence-corrected chi connectivity index (χ1v) is 6.19. The molecular weight excluding hydrogens is 222 g/mol. The molecule has 0 aliphatic heterocycles. The van der Waals surface area contributed by atoms with Crippen LogP contribution in [-0.2, 0) is 6.54 Å². The quantitative estimate of drug-likeness (QED) is 0.812. The van der Waals surface area contributed by atoms with Crippen molar-refractivity contribution in [1.29, 1.82) is 0 Å². The summed E-state index contributed by atoms with van der Waals surface area (Å²) in [4.78, 5) is 9.45. The molecule has 2 aromatic heterocycles. The van der Waals surface area contributed by atoms with Gasteiger partial charge in [0.2, 0.25) is 5.89 Å². The summed E-state index contributed by atoms with van der Waals surface area (Å²) in [6.07, 6.45) is 4.70. The molecule has 2 heterocycles. The average molecular weight is 237 g/mol. The highest BCUT2D eigenvalue weighted by atomic mass is 32.1. The molecule has 0 saturated carbocycles. The van der Waals surface area contributed by atoms with E-state index in [-0.39, 0.29) is 0 Å². The van der Waals surface area contributed by atoms with Crippen LogP contribution in [0.3, 0.4) is 0 Å². The van der Waals surface area contributed by atoms with Crippen molar-refractivity contribution in [3.8, 4) is 10.6 Å². The van der Waals surface area contributed by atoms with E-state index < -0.39 is 0 Å². The van der Waals surface area contributed by atoms with Gasteiger partial charge in [0.15, 0.2) is 5.76 Å². The number of nitrogens with zero attached hydrogens (tertiary/aromatic N) is 2. The third kappa shape index (κ3) is 2.68.